The van der Waals surface area contributed by atoms with E-state index in [-0.39, 0.29) is 0 Å². The normalized spacial score (nSPS) is 12.5. The highest BCUT2D eigenvalue weighted by Gasteiger charge is 2.33. The minimum atomic E-state index is -3.39. The van der Waals surface area contributed by atoms with Gasteiger partial charge in [-0.15, -0.1) is 45.3 Å². The number of hydrogen-bond acceptors (Lipinski definition) is 6. The zero-order valence-corrected chi connectivity index (χ0v) is 51.0. The van der Waals surface area contributed by atoms with E-state index in [1.54, 1.807) is 45.3 Å². The van der Waals surface area contributed by atoms with Gasteiger partial charge in [0, 0.05) is 113 Å². The molecular weight excluding hydrogens is 1160 g/mol. The molecule has 14 aromatic carbocycles. The van der Waals surface area contributed by atoms with Gasteiger partial charge in [-0.1, -0.05) is 170 Å². The second kappa shape index (κ2) is 19.4. The van der Waals surface area contributed by atoms with Gasteiger partial charge in [0.1, 0.15) is 0 Å². The van der Waals surface area contributed by atoms with E-state index in [1.165, 1.54) is 91.5 Å². The Morgan fingerprint density at radius 3 is 0.709 bits per heavy atom. The van der Waals surface area contributed by atoms with E-state index >= 15 is 9.13 Å². The van der Waals surface area contributed by atoms with Gasteiger partial charge < -0.3 is 9.13 Å². The first kappa shape index (κ1) is 50.5. The summed E-state index contributed by atoms with van der Waals surface area (Å²) in [6, 6.07) is 99.5. The zero-order chi connectivity index (χ0) is 56.8. The maximum Gasteiger partial charge on any atom is 0.171 e. The summed E-state index contributed by atoms with van der Waals surface area (Å²) in [6.07, 6.45) is 0. The summed E-state index contributed by atoms with van der Waals surface area (Å²) in [7, 11) is -6.79. The number of rotatable bonds is 8. The molecule has 0 aliphatic rings. The third-order valence-electron chi connectivity index (χ3n) is 17.9. The maximum atomic E-state index is 16.5. The number of thiophene rings is 4. The van der Waals surface area contributed by atoms with E-state index < -0.39 is 14.3 Å². The summed E-state index contributed by atoms with van der Waals surface area (Å²) in [5, 5.41) is 21.4. The molecular formula is C78H46O2P2S4. The van der Waals surface area contributed by atoms with Crippen molar-refractivity contribution in [3.8, 4) is 22.3 Å². The van der Waals surface area contributed by atoms with Gasteiger partial charge in [0.25, 0.3) is 0 Å². The molecule has 2 nitrogen and oxygen atoms in total. The molecule has 0 saturated heterocycles. The summed E-state index contributed by atoms with van der Waals surface area (Å²) >= 11 is 7.13. The fourth-order valence-corrected chi connectivity index (χ4v) is 23.2. The van der Waals surface area contributed by atoms with Gasteiger partial charge in [0.15, 0.2) is 14.3 Å². The summed E-state index contributed by atoms with van der Waals surface area (Å²) in [6.45, 7) is 0. The van der Waals surface area contributed by atoms with Crippen molar-refractivity contribution in [2.45, 2.75) is 0 Å². The predicted octanol–water partition coefficient (Wildman–Crippen LogP) is 21.2. The van der Waals surface area contributed by atoms with E-state index in [0.29, 0.717) is 0 Å². The highest BCUT2D eigenvalue weighted by Crippen LogP contribution is 2.49. The molecule has 8 heteroatoms. The van der Waals surface area contributed by atoms with Gasteiger partial charge in [-0.25, -0.2) is 0 Å². The number of hydrogen-bond donors (Lipinski definition) is 0. The topological polar surface area (TPSA) is 34.1 Å². The molecule has 0 amide bonds. The molecule has 0 unspecified atom stereocenters. The Morgan fingerprint density at radius 1 is 0.174 bits per heavy atom. The van der Waals surface area contributed by atoms with Gasteiger partial charge in [0.05, 0.1) is 0 Å². The Balaban J connectivity index is 0.721. The van der Waals surface area contributed by atoms with Crippen LogP contribution in [0.4, 0.5) is 0 Å². The molecule has 18 aromatic rings. The largest absolute Gasteiger partial charge is 0.309 e. The number of benzene rings is 14. The molecule has 404 valence electrons. The Morgan fingerprint density at radius 2 is 0.407 bits per heavy atom. The third kappa shape index (κ3) is 7.68. The quantitative estimate of drug-likeness (QED) is 0.112. The van der Waals surface area contributed by atoms with Crippen LogP contribution in [0.25, 0.3) is 135 Å². The van der Waals surface area contributed by atoms with Gasteiger partial charge in [-0.2, -0.15) is 0 Å². The van der Waals surface area contributed by atoms with Crippen LogP contribution in [0.15, 0.2) is 279 Å². The molecule has 0 saturated carbocycles. The van der Waals surface area contributed by atoms with E-state index in [0.717, 1.165) is 75.6 Å². The lowest BCUT2D eigenvalue weighted by molar-refractivity contribution is 0.591. The third-order valence-corrected chi connectivity index (χ3v) is 28.5. The molecule has 4 aromatic heterocycles. The first-order valence-electron chi connectivity index (χ1n) is 28.8. The van der Waals surface area contributed by atoms with Crippen molar-refractivity contribution in [3.05, 3.63) is 279 Å². The highest BCUT2D eigenvalue weighted by molar-refractivity contribution is 7.85. The van der Waals surface area contributed by atoms with Crippen molar-refractivity contribution in [2.24, 2.45) is 0 Å². The monoisotopic (exact) mass is 1200 g/mol. The summed E-state index contributed by atoms with van der Waals surface area (Å²) in [4.78, 5) is 0. The molecule has 0 radical (unpaired) electrons. The molecule has 0 bridgehead atoms. The standard InChI is InChI=1S/C78H46O2P2S4/c79-81(53-31-37-75-67(43-53)61-13-3-7-17-71(61)83-75,54-32-38-76-68(44-54)62-14-4-8-18-72(62)84-76)51-27-21-47(22-28-51)49-25-35-59-60-36-26-50(42-66(60)58-12-2-1-11-57(58)65(59)41-49)48-23-29-52(30-24-48)82(80,55-33-39-77-69(45-55)63-15-5-9-19-73(63)85-77)56-34-40-78-70(46-56)64-16-6-10-20-74(64)86-78/h1-46H. The van der Waals surface area contributed by atoms with Crippen LogP contribution >= 0.6 is 59.6 Å². The zero-order valence-electron chi connectivity index (χ0n) is 45.9. The van der Waals surface area contributed by atoms with Crippen molar-refractivity contribution in [1.82, 2.24) is 0 Å². The Bertz CT molecular complexity index is 5360. The molecule has 0 N–H and O–H groups in total. The minimum absolute atomic E-state index is 0.810. The van der Waals surface area contributed by atoms with Crippen LogP contribution in [0, 0.1) is 0 Å². The Labute approximate surface area is 510 Å². The fourth-order valence-electron chi connectivity index (χ4n) is 13.6. The fraction of sp³-hybridized carbons (Fsp3) is 0. The average molecular weight is 1210 g/mol. The van der Waals surface area contributed by atoms with Crippen molar-refractivity contribution in [3.63, 3.8) is 0 Å². The first-order valence-corrected chi connectivity index (χ1v) is 35.5. The molecule has 0 aliphatic heterocycles. The van der Waals surface area contributed by atoms with E-state index in [2.05, 4.69) is 279 Å². The first-order chi connectivity index (χ1) is 42.3. The van der Waals surface area contributed by atoms with Crippen LogP contribution in [0.2, 0.25) is 0 Å². The second-order valence-corrected chi connectivity index (χ2v) is 32.4. The van der Waals surface area contributed by atoms with Crippen LogP contribution in [-0.4, -0.2) is 0 Å². The lowest BCUT2D eigenvalue weighted by Gasteiger charge is -2.21. The van der Waals surface area contributed by atoms with E-state index in [9.17, 15) is 0 Å². The van der Waals surface area contributed by atoms with Crippen LogP contribution in [0.5, 0.6) is 0 Å². The van der Waals surface area contributed by atoms with E-state index in [4.69, 9.17) is 0 Å². The van der Waals surface area contributed by atoms with E-state index in [1.807, 2.05) is 0 Å². The highest BCUT2D eigenvalue weighted by atomic mass is 32.1. The lowest BCUT2D eigenvalue weighted by atomic mass is 9.90. The average Bonchev–Trinajstić information content (AvgIpc) is 2.67. The SMILES string of the molecule is O=P(c1ccc(-c2ccc3c4ccc(-c5ccc(P(=O)(c6ccc7sc8ccccc8c7c6)c6ccc7sc8ccccc8c7c6)cc5)cc4c4ccccc4c3c2)cc1)(c1ccc2sc3ccccc3c2c1)c1ccc2sc3ccccc3c2c1. The smallest absolute Gasteiger partial charge is 0.171 e. The molecule has 4 heterocycles. The Kier molecular flexibility index (Phi) is 11.4. The van der Waals surface area contributed by atoms with Crippen LogP contribution in [0.1, 0.15) is 0 Å². The van der Waals surface area contributed by atoms with Gasteiger partial charge in [0.2, 0.25) is 0 Å². The van der Waals surface area contributed by atoms with Crippen molar-refractivity contribution in [2.75, 3.05) is 0 Å². The predicted molar refractivity (Wildman–Crippen MR) is 380 cm³/mol. The lowest BCUT2D eigenvalue weighted by Crippen LogP contribution is -2.25. The van der Waals surface area contributed by atoms with Gasteiger partial charge >= 0.3 is 0 Å². The summed E-state index contributed by atoms with van der Waals surface area (Å²) < 4.78 is 42.7. The van der Waals surface area contributed by atoms with Gasteiger partial charge in [-0.05, 0) is 164 Å². The van der Waals surface area contributed by atoms with Crippen LogP contribution < -0.4 is 31.8 Å². The minimum Gasteiger partial charge on any atom is -0.309 e. The molecule has 18 rings (SSSR count). The van der Waals surface area contributed by atoms with Crippen LogP contribution in [-0.2, 0) is 9.13 Å². The van der Waals surface area contributed by atoms with Gasteiger partial charge in [-0.3, -0.25) is 0 Å². The van der Waals surface area contributed by atoms with Crippen molar-refractivity contribution >= 4 is 204 Å². The van der Waals surface area contributed by atoms with Crippen molar-refractivity contribution < 1.29 is 9.13 Å². The van der Waals surface area contributed by atoms with Crippen molar-refractivity contribution in [1.29, 1.82) is 0 Å². The summed E-state index contributed by atoms with van der Waals surface area (Å²) in [5.41, 5.74) is 4.33. The second-order valence-electron chi connectivity index (χ2n) is 22.5. The molecule has 0 spiro atoms. The molecule has 0 atom stereocenters. The van der Waals surface area contributed by atoms with Crippen LogP contribution in [0.3, 0.4) is 0 Å². The molecule has 0 fully saturated rings. The Hall–Kier alpha value is -8.80. The maximum absolute atomic E-state index is 16.5. The summed E-state index contributed by atoms with van der Waals surface area (Å²) in [5.74, 6) is 0. The molecule has 0 aliphatic carbocycles. The molecule has 86 heavy (non-hydrogen) atoms. The number of fused-ring (bicyclic) bond motifs is 18.